The van der Waals surface area contributed by atoms with Crippen LogP contribution in [-0.4, -0.2) is 32.1 Å². The number of aliphatic hydroxyl groups is 1. The Balaban J connectivity index is 1.88. The summed E-state index contributed by atoms with van der Waals surface area (Å²) in [5, 5.41) is 9.67. The van der Waals surface area contributed by atoms with Gasteiger partial charge in [0.25, 0.3) is 0 Å². The lowest BCUT2D eigenvalue weighted by Crippen LogP contribution is -2.08. The van der Waals surface area contributed by atoms with Gasteiger partial charge in [-0.2, -0.15) is 0 Å². The van der Waals surface area contributed by atoms with Gasteiger partial charge in [0, 0.05) is 6.26 Å². The summed E-state index contributed by atoms with van der Waals surface area (Å²) in [7, 11) is -2.91. The van der Waals surface area contributed by atoms with Crippen LogP contribution in [0.1, 0.15) is 30.1 Å². The molecule has 0 spiro atoms. The number of hydrogen-bond donors (Lipinski definition) is 1. The predicted molar refractivity (Wildman–Crippen MR) is 69.5 cm³/mol. The van der Waals surface area contributed by atoms with Gasteiger partial charge in [-0.25, -0.2) is 8.42 Å². The van der Waals surface area contributed by atoms with Crippen molar-refractivity contribution in [2.45, 2.75) is 25.4 Å². The van der Waals surface area contributed by atoms with Crippen LogP contribution in [0.5, 0.6) is 5.75 Å². The first-order chi connectivity index (χ1) is 8.46. The van der Waals surface area contributed by atoms with Crippen LogP contribution in [0.3, 0.4) is 0 Å². The van der Waals surface area contributed by atoms with E-state index in [0.29, 0.717) is 13.0 Å². The molecule has 0 heterocycles. The summed E-state index contributed by atoms with van der Waals surface area (Å²) >= 11 is 0. The molecule has 0 amide bonds. The molecule has 2 rings (SSSR count). The summed E-state index contributed by atoms with van der Waals surface area (Å²) in [6.07, 6.45) is 3.02. The number of sulfone groups is 1. The molecule has 0 radical (unpaired) electrons. The number of aryl methyl sites for hydroxylation is 1. The van der Waals surface area contributed by atoms with E-state index < -0.39 is 9.84 Å². The van der Waals surface area contributed by atoms with Gasteiger partial charge in [0.05, 0.1) is 18.5 Å². The van der Waals surface area contributed by atoms with Crippen LogP contribution in [0.4, 0.5) is 0 Å². The molecule has 1 aliphatic rings. The second kappa shape index (κ2) is 5.28. The smallest absolute Gasteiger partial charge is 0.147 e. The molecule has 0 aliphatic heterocycles. The van der Waals surface area contributed by atoms with Crippen LogP contribution in [-0.2, 0) is 16.3 Å². The summed E-state index contributed by atoms with van der Waals surface area (Å²) in [4.78, 5) is 0. The Morgan fingerprint density at radius 3 is 2.94 bits per heavy atom. The Kier molecular flexibility index (Phi) is 3.92. The number of fused-ring (bicyclic) bond motifs is 1. The maximum absolute atomic E-state index is 10.9. The maximum atomic E-state index is 10.9. The maximum Gasteiger partial charge on any atom is 0.147 e. The van der Waals surface area contributed by atoms with E-state index in [0.717, 1.165) is 29.7 Å². The Labute approximate surface area is 108 Å². The minimum Gasteiger partial charge on any atom is -0.494 e. The van der Waals surface area contributed by atoms with Crippen molar-refractivity contribution in [3.05, 3.63) is 29.3 Å². The van der Waals surface area contributed by atoms with E-state index >= 15 is 0 Å². The number of hydrogen-bond acceptors (Lipinski definition) is 4. The highest BCUT2D eigenvalue weighted by molar-refractivity contribution is 7.90. The van der Waals surface area contributed by atoms with Gasteiger partial charge in [0.2, 0.25) is 0 Å². The molecule has 1 aromatic rings. The summed E-state index contributed by atoms with van der Waals surface area (Å²) in [5.41, 5.74) is 2.11. The average Bonchev–Trinajstić information content (AvgIpc) is 2.65. The molecule has 1 aromatic carbocycles. The van der Waals surface area contributed by atoms with Crippen molar-refractivity contribution in [3.63, 3.8) is 0 Å². The first-order valence-corrected chi connectivity index (χ1v) is 8.13. The van der Waals surface area contributed by atoms with Crippen molar-refractivity contribution in [2.24, 2.45) is 0 Å². The van der Waals surface area contributed by atoms with Crippen molar-refractivity contribution in [1.29, 1.82) is 0 Å². The normalized spacial score (nSPS) is 18.7. The monoisotopic (exact) mass is 270 g/mol. The molecule has 100 valence electrons. The van der Waals surface area contributed by atoms with Crippen LogP contribution >= 0.6 is 0 Å². The van der Waals surface area contributed by atoms with Crippen molar-refractivity contribution in [1.82, 2.24) is 0 Å². The minimum absolute atomic E-state index is 0.149. The second-order valence-electron chi connectivity index (χ2n) is 4.75. The zero-order chi connectivity index (χ0) is 13.2. The minimum atomic E-state index is -2.91. The number of benzene rings is 1. The van der Waals surface area contributed by atoms with Gasteiger partial charge >= 0.3 is 0 Å². The van der Waals surface area contributed by atoms with E-state index in [9.17, 15) is 13.5 Å². The van der Waals surface area contributed by atoms with Gasteiger partial charge in [-0.1, -0.05) is 6.07 Å². The fourth-order valence-electron chi connectivity index (χ4n) is 2.17. The lowest BCUT2D eigenvalue weighted by molar-refractivity contribution is 0.180. The first kappa shape index (κ1) is 13.4. The lowest BCUT2D eigenvalue weighted by Gasteiger charge is -2.08. The van der Waals surface area contributed by atoms with Crippen LogP contribution in [0.25, 0.3) is 0 Å². The zero-order valence-corrected chi connectivity index (χ0v) is 11.2. The molecule has 0 unspecified atom stereocenters. The third-order valence-corrected chi connectivity index (χ3v) is 4.12. The van der Waals surface area contributed by atoms with Crippen molar-refractivity contribution in [3.8, 4) is 5.75 Å². The molecule has 18 heavy (non-hydrogen) atoms. The predicted octanol–water partition coefficient (Wildman–Crippen LogP) is 1.48. The van der Waals surface area contributed by atoms with Crippen LogP contribution < -0.4 is 4.74 Å². The van der Waals surface area contributed by atoms with Gasteiger partial charge in [-0.3, -0.25) is 0 Å². The molecular formula is C13H18O4S. The molecule has 1 N–H and O–H groups in total. The number of aliphatic hydroxyl groups excluding tert-OH is 1. The van der Waals surface area contributed by atoms with Crippen molar-refractivity contribution >= 4 is 9.84 Å². The number of ether oxygens (including phenoxy) is 1. The molecule has 0 bridgehead atoms. The Morgan fingerprint density at radius 2 is 2.22 bits per heavy atom. The summed E-state index contributed by atoms with van der Waals surface area (Å²) in [5.74, 6) is 0.896. The van der Waals surface area contributed by atoms with E-state index in [1.807, 2.05) is 18.2 Å². The fourth-order valence-corrected chi connectivity index (χ4v) is 2.81. The molecule has 0 aromatic heterocycles. The van der Waals surface area contributed by atoms with Crippen molar-refractivity contribution in [2.75, 3.05) is 18.6 Å². The van der Waals surface area contributed by atoms with Gasteiger partial charge in [0.1, 0.15) is 15.6 Å². The molecule has 0 fully saturated rings. The third-order valence-electron chi connectivity index (χ3n) is 3.09. The molecule has 1 atom stereocenters. The molecule has 4 nitrogen and oxygen atoms in total. The average molecular weight is 270 g/mol. The van der Waals surface area contributed by atoms with Gasteiger partial charge in [0.15, 0.2) is 0 Å². The van der Waals surface area contributed by atoms with Crippen LogP contribution in [0.15, 0.2) is 18.2 Å². The largest absolute Gasteiger partial charge is 0.494 e. The van der Waals surface area contributed by atoms with E-state index in [1.54, 1.807) is 0 Å². The SMILES string of the molecule is CS(=O)(=O)CCCOc1ccc2c(c1)CC[C@@H]2O. The van der Waals surface area contributed by atoms with Crippen LogP contribution in [0.2, 0.25) is 0 Å². The highest BCUT2D eigenvalue weighted by Crippen LogP contribution is 2.33. The summed E-state index contributed by atoms with van der Waals surface area (Å²) < 4.78 is 27.4. The summed E-state index contributed by atoms with van der Waals surface area (Å²) in [6.45, 7) is 0.397. The van der Waals surface area contributed by atoms with E-state index in [-0.39, 0.29) is 11.9 Å². The van der Waals surface area contributed by atoms with E-state index in [4.69, 9.17) is 4.74 Å². The molecule has 0 saturated carbocycles. The number of rotatable bonds is 5. The summed E-state index contributed by atoms with van der Waals surface area (Å²) in [6, 6.07) is 5.65. The van der Waals surface area contributed by atoms with Gasteiger partial charge in [-0.15, -0.1) is 0 Å². The van der Waals surface area contributed by atoms with Crippen LogP contribution in [0, 0.1) is 0 Å². The lowest BCUT2D eigenvalue weighted by atomic mass is 10.1. The molecular weight excluding hydrogens is 252 g/mol. The molecule has 0 saturated heterocycles. The fraction of sp³-hybridized carbons (Fsp3) is 0.538. The van der Waals surface area contributed by atoms with E-state index in [1.165, 1.54) is 6.26 Å². The third kappa shape index (κ3) is 3.46. The topological polar surface area (TPSA) is 63.6 Å². The highest BCUT2D eigenvalue weighted by atomic mass is 32.2. The Hall–Kier alpha value is -1.07. The highest BCUT2D eigenvalue weighted by Gasteiger charge is 2.20. The Bertz CT molecular complexity index is 522. The standard InChI is InChI=1S/C13H18O4S/c1-18(15,16)8-2-7-17-11-4-5-12-10(9-11)3-6-13(12)14/h4-5,9,13-14H,2-3,6-8H2,1H3/t13-/m0/s1. The zero-order valence-electron chi connectivity index (χ0n) is 10.4. The van der Waals surface area contributed by atoms with Crippen molar-refractivity contribution < 1.29 is 18.3 Å². The Morgan fingerprint density at radius 1 is 1.44 bits per heavy atom. The second-order valence-corrected chi connectivity index (χ2v) is 7.01. The molecule has 5 heteroatoms. The quantitative estimate of drug-likeness (QED) is 0.823. The van der Waals surface area contributed by atoms with Gasteiger partial charge < -0.3 is 9.84 Å². The van der Waals surface area contributed by atoms with Gasteiger partial charge in [-0.05, 0) is 42.5 Å². The first-order valence-electron chi connectivity index (χ1n) is 6.07. The molecule has 1 aliphatic carbocycles. The van der Waals surface area contributed by atoms with E-state index in [2.05, 4.69) is 0 Å².